The number of ether oxygens (including phenoxy) is 1. The van der Waals surface area contributed by atoms with Crippen molar-refractivity contribution in [3.8, 4) is 0 Å². The second kappa shape index (κ2) is 5.47. The highest BCUT2D eigenvalue weighted by atomic mass is 79.9. The molecule has 4 rings (SSSR count). The van der Waals surface area contributed by atoms with Gasteiger partial charge in [-0.2, -0.15) is 0 Å². The molecule has 0 spiro atoms. The van der Waals surface area contributed by atoms with Crippen LogP contribution in [0.3, 0.4) is 0 Å². The molecule has 3 unspecified atom stereocenters. The fourth-order valence-electron chi connectivity index (χ4n) is 3.62. The molecule has 1 fully saturated rings. The topological polar surface area (TPSA) is 21.3 Å². The monoisotopic (exact) mass is 343 g/mol. The Labute approximate surface area is 133 Å². The van der Waals surface area contributed by atoms with Crippen LogP contribution in [0.15, 0.2) is 53.0 Å². The van der Waals surface area contributed by atoms with E-state index in [4.69, 9.17) is 4.74 Å². The van der Waals surface area contributed by atoms with Gasteiger partial charge in [-0.25, -0.2) is 0 Å². The molecule has 0 saturated carbocycles. The quantitative estimate of drug-likeness (QED) is 0.779. The number of halogens is 1. The minimum atomic E-state index is 0.227. The lowest BCUT2D eigenvalue weighted by Crippen LogP contribution is -2.35. The SMILES string of the molecule is Brc1ccc(C2Nc3ccccc3C3OCCCC23)cc1. The van der Waals surface area contributed by atoms with Gasteiger partial charge < -0.3 is 10.1 Å². The lowest BCUT2D eigenvalue weighted by Gasteiger charge is -2.43. The zero-order chi connectivity index (χ0) is 14.2. The van der Waals surface area contributed by atoms with E-state index in [1.165, 1.54) is 23.2 Å². The van der Waals surface area contributed by atoms with Crippen molar-refractivity contribution in [1.29, 1.82) is 0 Å². The van der Waals surface area contributed by atoms with E-state index in [1.807, 2.05) is 0 Å². The van der Waals surface area contributed by atoms with Gasteiger partial charge in [0.25, 0.3) is 0 Å². The Morgan fingerprint density at radius 1 is 1.05 bits per heavy atom. The Bertz CT molecular complexity index is 640. The molecule has 2 aliphatic heterocycles. The molecule has 0 amide bonds. The first-order valence-electron chi connectivity index (χ1n) is 7.55. The Kier molecular flexibility index (Phi) is 3.48. The van der Waals surface area contributed by atoms with Crippen molar-refractivity contribution in [2.75, 3.05) is 11.9 Å². The molecule has 0 aliphatic carbocycles. The van der Waals surface area contributed by atoms with Gasteiger partial charge in [-0.05, 0) is 36.6 Å². The molecule has 0 aromatic heterocycles. The van der Waals surface area contributed by atoms with E-state index in [0.717, 1.165) is 17.5 Å². The average molecular weight is 344 g/mol. The number of rotatable bonds is 1. The number of fused-ring (bicyclic) bond motifs is 3. The normalized spacial score (nSPS) is 27.4. The fraction of sp³-hybridized carbons (Fsp3) is 0.333. The highest BCUT2D eigenvalue weighted by Crippen LogP contribution is 2.48. The van der Waals surface area contributed by atoms with Crippen LogP contribution in [0.4, 0.5) is 5.69 Å². The smallest absolute Gasteiger partial charge is 0.0895 e. The highest BCUT2D eigenvalue weighted by Gasteiger charge is 2.39. The Balaban J connectivity index is 1.76. The molecule has 21 heavy (non-hydrogen) atoms. The lowest BCUT2D eigenvalue weighted by atomic mass is 9.77. The van der Waals surface area contributed by atoms with Crippen LogP contribution in [0.25, 0.3) is 0 Å². The highest BCUT2D eigenvalue weighted by molar-refractivity contribution is 9.10. The molecule has 1 saturated heterocycles. The van der Waals surface area contributed by atoms with E-state index in [-0.39, 0.29) is 6.10 Å². The van der Waals surface area contributed by atoms with Crippen molar-refractivity contribution in [2.45, 2.75) is 25.0 Å². The van der Waals surface area contributed by atoms with Gasteiger partial charge in [-0.3, -0.25) is 0 Å². The van der Waals surface area contributed by atoms with Gasteiger partial charge in [0, 0.05) is 28.2 Å². The van der Waals surface area contributed by atoms with E-state index in [9.17, 15) is 0 Å². The van der Waals surface area contributed by atoms with Crippen LogP contribution in [0, 0.1) is 5.92 Å². The zero-order valence-corrected chi connectivity index (χ0v) is 13.3. The van der Waals surface area contributed by atoms with Crippen LogP contribution in [-0.2, 0) is 4.74 Å². The van der Waals surface area contributed by atoms with E-state index in [1.54, 1.807) is 0 Å². The molecule has 3 atom stereocenters. The maximum atomic E-state index is 6.13. The minimum Gasteiger partial charge on any atom is -0.378 e. The number of nitrogens with one attached hydrogen (secondary N) is 1. The molecule has 1 N–H and O–H groups in total. The molecule has 0 radical (unpaired) electrons. The molecule has 2 aromatic carbocycles. The molecule has 2 heterocycles. The van der Waals surface area contributed by atoms with Crippen LogP contribution >= 0.6 is 15.9 Å². The fourth-order valence-corrected chi connectivity index (χ4v) is 3.88. The summed E-state index contributed by atoms with van der Waals surface area (Å²) in [5.74, 6) is 0.509. The molecule has 2 nitrogen and oxygen atoms in total. The van der Waals surface area contributed by atoms with Crippen LogP contribution < -0.4 is 5.32 Å². The second-order valence-corrected chi connectivity index (χ2v) is 6.77. The second-order valence-electron chi connectivity index (χ2n) is 5.86. The minimum absolute atomic E-state index is 0.227. The summed E-state index contributed by atoms with van der Waals surface area (Å²) in [5.41, 5.74) is 3.87. The first-order valence-corrected chi connectivity index (χ1v) is 8.35. The van der Waals surface area contributed by atoms with Gasteiger partial charge in [-0.15, -0.1) is 0 Å². The van der Waals surface area contributed by atoms with Crippen LogP contribution in [0.5, 0.6) is 0 Å². The van der Waals surface area contributed by atoms with Gasteiger partial charge >= 0.3 is 0 Å². The van der Waals surface area contributed by atoms with Gasteiger partial charge in [0.2, 0.25) is 0 Å². The summed E-state index contributed by atoms with van der Waals surface area (Å²) in [6.07, 6.45) is 2.59. The van der Waals surface area contributed by atoms with Crippen molar-refractivity contribution in [3.63, 3.8) is 0 Å². The third-order valence-electron chi connectivity index (χ3n) is 4.60. The van der Waals surface area contributed by atoms with Crippen molar-refractivity contribution in [1.82, 2.24) is 0 Å². The summed E-state index contributed by atoms with van der Waals surface area (Å²) in [6, 6.07) is 17.6. The Hall–Kier alpha value is -1.32. The molecule has 0 bridgehead atoms. The Morgan fingerprint density at radius 2 is 1.86 bits per heavy atom. The van der Waals surface area contributed by atoms with E-state index >= 15 is 0 Å². The first kappa shape index (κ1) is 13.4. The largest absolute Gasteiger partial charge is 0.378 e. The van der Waals surface area contributed by atoms with Crippen LogP contribution in [0.2, 0.25) is 0 Å². The predicted molar refractivity (Wildman–Crippen MR) is 88.4 cm³/mol. The standard InChI is InChI=1S/C18H18BrNO/c19-13-9-7-12(8-10-13)17-15-5-3-11-21-18(15)14-4-1-2-6-16(14)20-17/h1-2,4,6-10,15,17-18,20H,3,5,11H2. The molecular weight excluding hydrogens is 326 g/mol. The van der Waals surface area contributed by atoms with Crippen LogP contribution in [-0.4, -0.2) is 6.61 Å². The van der Waals surface area contributed by atoms with Gasteiger partial charge in [0.1, 0.15) is 0 Å². The number of para-hydroxylation sites is 1. The summed E-state index contributed by atoms with van der Waals surface area (Å²) in [6.45, 7) is 0.878. The third kappa shape index (κ3) is 2.39. The first-order chi connectivity index (χ1) is 10.3. The third-order valence-corrected chi connectivity index (χ3v) is 5.13. The van der Waals surface area contributed by atoms with Gasteiger partial charge in [-0.1, -0.05) is 46.3 Å². The lowest BCUT2D eigenvalue weighted by molar-refractivity contribution is -0.0381. The maximum absolute atomic E-state index is 6.13. The molecule has 2 aromatic rings. The summed E-state index contributed by atoms with van der Waals surface area (Å²) in [7, 11) is 0. The summed E-state index contributed by atoms with van der Waals surface area (Å²) < 4.78 is 7.26. The average Bonchev–Trinajstić information content (AvgIpc) is 2.55. The summed E-state index contributed by atoms with van der Waals surface area (Å²) in [5, 5.41) is 3.74. The van der Waals surface area contributed by atoms with E-state index in [0.29, 0.717) is 12.0 Å². The van der Waals surface area contributed by atoms with E-state index in [2.05, 4.69) is 69.8 Å². The van der Waals surface area contributed by atoms with Crippen molar-refractivity contribution >= 4 is 21.6 Å². The molecule has 2 aliphatic rings. The van der Waals surface area contributed by atoms with Crippen LogP contribution in [0.1, 0.15) is 36.1 Å². The molecule has 108 valence electrons. The van der Waals surface area contributed by atoms with Crippen molar-refractivity contribution in [2.24, 2.45) is 5.92 Å². The Morgan fingerprint density at radius 3 is 2.71 bits per heavy atom. The van der Waals surface area contributed by atoms with Crippen molar-refractivity contribution < 1.29 is 4.74 Å². The summed E-state index contributed by atoms with van der Waals surface area (Å²) in [4.78, 5) is 0. The molecular formula is C18H18BrNO. The number of anilines is 1. The zero-order valence-electron chi connectivity index (χ0n) is 11.8. The van der Waals surface area contributed by atoms with Gasteiger partial charge in [0.05, 0.1) is 12.1 Å². The molecule has 3 heteroatoms. The number of hydrogen-bond acceptors (Lipinski definition) is 2. The predicted octanol–water partition coefficient (Wildman–Crippen LogP) is 5.08. The summed E-state index contributed by atoms with van der Waals surface area (Å²) >= 11 is 3.52. The van der Waals surface area contributed by atoms with E-state index < -0.39 is 0 Å². The van der Waals surface area contributed by atoms with Gasteiger partial charge in [0.15, 0.2) is 0 Å². The number of hydrogen-bond donors (Lipinski definition) is 1. The maximum Gasteiger partial charge on any atom is 0.0895 e. The van der Waals surface area contributed by atoms with Crippen molar-refractivity contribution in [3.05, 3.63) is 64.1 Å². The number of benzene rings is 2.